The van der Waals surface area contributed by atoms with Gasteiger partial charge in [-0.05, 0) is 36.8 Å². The molecule has 2 aromatic heterocycles. The van der Waals surface area contributed by atoms with Crippen molar-refractivity contribution in [2.45, 2.75) is 11.8 Å². The molecule has 132 valence electrons. The highest BCUT2D eigenvalue weighted by Gasteiger charge is 2.20. The van der Waals surface area contributed by atoms with E-state index in [1.807, 2.05) is 34.3 Å². The van der Waals surface area contributed by atoms with Crippen LogP contribution in [0.4, 0.5) is 10.1 Å². The summed E-state index contributed by atoms with van der Waals surface area (Å²) in [5, 5.41) is 1.93. The summed E-state index contributed by atoms with van der Waals surface area (Å²) >= 11 is 1.50. The number of sulfonamides is 1. The first-order chi connectivity index (χ1) is 12.4. The summed E-state index contributed by atoms with van der Waals surface area (Å²) in [5.41, 5.74) is 2.11. The highest BCUT2D eigenvalue weighted by molar-refractivity contribution is 7.92. The molecule has 4 aromatic rings. The Morgan fingerprint density at radius 3 is 2.77 bits per heavy atom. The van der Waals surface area contributed by atoms with Gasteiger partial charge in [0, 0.05) is 23.3 Å². The minimum absolute atomic E-state index is 0.0412. The van der Waals surface area contributed by atoms with Gasteiger partial charge in [-0.3, -0.25) is 9.12 Å². The van der Waals surface area contributed by atoms with Crippen molar-refractivity contribution < 1.29 is 12.8 Å². The molecule has 0 radical (unpaired) electrons. The van der Waals surface area contributed by atoms with E-state index in [4.69, 9.17) is 0 Å². The lowest BCUT2D eigenvalue weighted by Crippen LogP contribution is -2.15. The summed E-state index contributed by atoms with van der Waals surface area (Å²) in [5.74, 6) is -0.472. The molecule has 0 spiro atoms. The zero-order chi connectivity index (χ0) is 18.3. The third kappa shape index (κ3) is 2.97. The van der Waals surface area contributed by atoms with Crippen LogP contribution in [0.15, 0.2) is 65.1 Å². The normalized spacial score (nSPS) is 11.8. The number of hydrogen-bond donors (Lipinski definition) is 1. The van der Waals surface area contributed by atoms with E-state index in [1.54, 1.807) is 19.1 Å². The van der Waals surface area contributed by atoms with Crippen molar-refractivity contribution in [3.63, 3.8) is 0 Å². The summed E-state index contributed by atoms with van der Waals surface area (Å²) in [7, 11) is -3.86. The molecule has 0 amide bonds. The number of para-hydroxylation sites is 1. The van der Waals surface area contributed by atoms with Gasteiger partial charge in [-0.25, -0.2) is 17.8 Å². The average Bonchev–Trinajstić information content (AvgIpc) is 3.16. The lowest BCUT2D eigenvalue weighted by Gasteiger charge is -2.13. The Balaban J connectivity index is 1.76. The van der Waals surface area contributed by atoms with Crippen molar-refractivity contribution in [3.8, 4) is 11.3 Å². The molecule has 0 saturated heterocycles. The van der Waals surface area contributed by atoms with Crippen molar-refractivity contribution >= 4 is 32.0 Å². The fraction of sp³-hybridized carbons (Fsp3) is 0.0556. The molecule has 2 aromatic carbocycles. The van der Waals surface area contributed by atoms with E-state index in [1.165, 1.54) is 23.5 Å². The third-order valence-corrected chi connectivity index (χ3v) is 6.26. The van der Waals surface area contributed by atoms with Crippen LogP contribution in [0.2, 0.25) is 0 Å². The molecular weight excluding hydrogens is 373 g/mol. The van der Waals surface area contributed by atoms with E-state index < -0.39 is 15.8 Å². The average molecular weight is 387 g/mol. The van der Waals surface area contributed by atoms with Gasteiger partial charge in [0.25, 0.3) is 10.0 Å². The number of rotatable bonds is 4. The molecule has 0 saturated carbocycles. The number of nitrogens with zero attached hydrogens (tertiary/aromatic N) is 2. The largest absolute Gasteiger partial charge is 0.297 e. The quantitative estimate of drug-likeness (QED) is 0.567. The number of benzene rings is 2. The van der Waals surface area contributed by atoms with Crippen molar-refractivity contribution in [1.29, 1.82) is 0 Å². The van der Waals surface area contributed by atoms with Gasteiger partial charge in [-0.15, -0.1) is 11.3 Å². The Hall–Kier alpha value is -2.71. The third-order valence-electron chi connectivity index (χ3n) is 3.97. The van der Waals surface area contributed by atoms with E-state index in [-0.39, 0.29) is 4.90 Å². The van der Waals surface area contributed by atoms with Crippen LogP contribution in [0.5, 0.6) is 0 Å². The van der Waals surface area contributed by atoms with E-state index in [9.17, 15) is 12.8 Å². The lowest BCUT2D eigenvalue weighted by molar-refractivity contribution is 0.598. The lowest BCUT2D eigenvalue weighted by atomic mass is 10.1. The second kappa shape index (κ2) is 6.22. The number of nitrogens with one attached hydrogen (secondary N) is 1. The smallest absolute Gasteiger partial charge is 0.262 e. The Bertz CT molecular complexity index is 1180. The van der Waals surface area contributed by atoms with E-state index in [0.717, 1.165) is 11.0 Å². The minimum atomic E-state index is -3.86. The van der Waals surface area contributed by atoms with Gasteiger partial charge in [0.2, 0.25) is 0 Å². The molecule has 26 heavy (non-hydrogen) atoms. The van der Waals surface area contributed by atoms with Crippen LogP contribution in [0.25, 0.3) is 16.2 Å². The molecule has 0 atom stereocenters. The number of halogens is 1. The number of anilines is 1. The zero-order valence-corrected chi connectivity index (χ0v) is 15.3. The maximum atomic E-state index is 13.3. The van der Waals surface area contributed by atoms with Gasteiger partial charge in [0.1, 0.15) is 5.82 Å². The van der Waals surface area contributed by atoms with Crippen molar-refractivity contribution in [3.05, 3.63) is 71.6 Å². The number of fused-ring (bicyclic) bond motifs is 1. The molecular formula is C18H14FN3O2S2. The van der Waals surface area contributed by atoms with E-state index in [0.29, 0.717) is 22.5 Å². The molecule has 0 bridgehead atoms. The Morgan fingerprint density at radius 2 is 2.00 bits per heavy atom. The van der Waals surface area contributed by atoms with Crippen molar-refractivity contribution in [2.75, 3.05) is 4.72 Å². The first-order valence-electron chi connectivity index (χ1n) is 7.75. The van der Waals surface area contributed by atoms with Crippen LogP contribution in [0, 0.1) is 12.7 Å². The number of aryl methyl sites for hydroxylation is 1. The molecule has 0 aliphatic rings. The molecule has 2 heterocycles. The molecule has 0 unspecified atom stereocenters. The fourth-order valence-electron chi connectivity index (χ4n) is 2.77. The first-order valence-corrected chi connectivity index (χ1v) is 10.1. The minimum Gasteiger partial charge on any atom is -0.297 e. The van der Waals surface area contributed by atoms with Gasteiger partial charge in [0.15, 0.2) is 4.96 Å². The Morgan fingerprint density at radius 1 is 1.19 bits per heavy atom. The summed E-state index contributed by atoms with van der Waals surface area (Å²) in [6, 6.07) is 10.7. The second-order valence-electron chi connectivity index (χ2n) is 5.78. The van der Waals surface area contributed by atoms with Crippen LogP contribution >= 0.6 is 11.3 Å². The van der Waals surface area contributed by atoms with E-state index in [2.05, 4.69) is 9.71 Å². The fourth-order valence-corrected chi connectivity index (χ4v) is 4.77. The van der Waals surface area contributed by atoms with Crippen LogP contribution in [-0.2, 0) is 10.0 Å². The predicted octanol–water partition coefficient (Wildman–Crippen LogP) is 4.31. The highest BCUT2D eigenvalue weighted by Crippen LogP contribution is 2.30. The summed E-state index contributed by atoms with van der Waals surface area (Å²) in [6.07, 6.45) is 3.74. The SMILES string of the molecule is Cc1cc(F)ccc1S(=O)(=O)Nc1ccccc1-c1cn2ccsc2n1. The Labute approximate surface area is 153 Å². The highest BCUT2D eigenvalue weighted by atomic mass is 32.2. The predicted molar refractivity (Wildman–Crippen MR) is 100 cm³/mol. The summed E-state index contributed by atoms with van der Waals surface area (Å²) in [6.45, 7) is 1.56. The Kier molecular flexibility index (Phi) is 4.01. The standard InChI is InChI=1S/C18H14FN3O2S2/c1-12-10-13(19)6-7-17(12)26(23,24)21-15-5-3-2-4-14(15)16-11-22-8-9-25-18(22)20-16/h2-11,21H,1H3. The maximum Gasteiger partial charge on any atom is 0.262 e. The second-order valence-corrected chi connectivity index (χ2v) is 8.30. The van der Waals surface area contributed by atoms with Crippen LogP contribution in [0.3, 0.4) is 0 Å². The molecule has 0 aliphatic carbocycles. The van der Waals surface area contributed by atoms with Crippen LogP contribution < -0.4 is 4.72 Å². The number of hydrogen-bond acceptors (Lipinski definition) is 4. The van der Waals surface area contributed by atoms with Gasteiger partial charge in [-0.1, -0.05) is 18.2 Å². The van der Waals surface area contributed by atoms with Crippen molar-refractivity contribution in [2.24, 2.45) is 0 Å². The number of aromatic nitrogens is 2. The molecule has 0 aliphatic heterocycles. The molecule has 8 heteroatoms. The number of thiazole rings is 1. The topological polar surface area (TPSA) is 63.5 Å². The van der Waals surface area contributed by atoms with Gasteiger partial charge in [0.05, 0.1) is 16.3 Å². The van der Waals surface area contributed by atoms with Crippen LogP contribution in [0.1, 0.15) is 5.56 Å². The molecule has 4 rings (SSSR count). The zero-order valence-electron chi connectivity index (χ0n) is 13.7. The molecule has 5 nitrogen and oxygen atoms in total. The van der Waals surface area contributed by atoms with Crippen molar-refractivity contribution in [1.82, 2.24) is 9.38 Å². The first kappa shape index (κ1) is 16.7. The van der Waals surface area contributed by atoms with Gasteiger partial charge in [-0.2, -0.15) is 0 Å². The molecule has 1 N–H and O–H groups in total. The number of imidazole rings is 1. The maximum absolute atomic E-state index is 13.3. The van der Waals surface area contributed by atoms with Gasteiger partial charge >= 0.3 is 0 Å². The van der Waals surface area contributed by atoms with Crippen LogP contribution in [-0.4, -0.2) is 17.8 Å². The van der Waals surface area contributed by atoms with Gasteiger partial charge < -0.3 is 0 Å². The summed E-state index contributed by atoms with van der Waals surface area (Å²) < 4.78 is 43.3. The monoisotopic (exact) mass is 387 g/mol. The summed E-state index contributed by atoms with van der Waals surface area (Å²) in [4.78, 5) is 5.40. The van der Waals surface area contributed by atoms with E-state index >= 15 is 0 Å². The molecule has 0 fully saturated rings.